The lowest BCUT2D eigenvalue weighted by Gasteiger charge is -2.19. The number of carboxylic acids is 1. The molecule has 1 amide bonds. The quantitative estimate of drug-likeness (QED) is 0.819. The van der Waals surface area contributed by atoms with Crippen LogP contribution in [-0.2, 0) is 9.59 Å². The number of carboxylic acid groups (broad SMARTS) is 1. The van der Waals surface area contributed by atoms with E-state index in [9.17, 15) is 14.7 Å². The fraction of sp³-hybridized carbons (Fsp3) is 0.444. The van der Waals surface area contributed by atoms with Crippen molar-refractivity contribution in [2.75, 3.05) is 0 Å². The molecule has 0 spiro atoms. The van der Waals surface area contributed by atoms with Gasteiger partial charge < -0.3 is 10.4 Å². The third-order valence-corrected chi connectivity index (χ3v) is 4.28. The topological polar surface area (TPSA) is 66.4 Å². The molecule has 0 fully saturated rings. The van der Waals surface area contributed by atoms with Crippen molar-refractivity contribution in [1.29, 1.82) is 0 Å². The normalized spacial score (nSPS) is 15.8. The molecule has 1 aromatic rings. The standard InChI is InChI=1S/C18H23NO3/c1-12-7-6-10-15(13(12)2)17(18(21)22)19-16(20)11-14-8-4-3-5-9-14/h6-8,10,17H,3-5,9,11H2,1-2H3,(H,19,20)(H,21,22). The molecule has 0 radical (unpaired) electrons. The highest BCUT2D eigenvalue weighted by Gasteiger charge is 2.24. The highest BCUT2D eigenvalue weighted by atomic mass is 16.4. The van der Waals surface area contributed by atoms with Gasteiger partial charge in [-0.05, 0) is 56.2 Å². The number of hydrogen-bond donors (Lipinski definition) is 2. The number of hydrogen-bond acceptors (Lipinski definition) is 2. The molecule has 0 saturated heterocycles. The first kappa shape index (κ1) is 16.3. The van der Waals surface area contributed by atoms with Gasteiger partial charge >= 0.3 is 5.97 Å². The van der Waals surface area contributed by atoms with Crippen molar-refractivity contribution in [3.8, 4) is 0 Å². The molecular weight excluding hydrogens is 278 g/mol. The number of amides is 1. The number of nitrogens with one attached hydrogen (secondary N) is 1. The van der Waals surface area contributed by atoms with E-state index in [0.717, 1.165) is 36.0 Å². The molecule has 22 heavy (non-hydrogen) atoms. The Labute approximate surface area is 131 Å². The van der Waals surface area contributed by atoms with Gasteiger partial charge in [-0.15, -0.1) is 0 Å². The van der Waals surface area contributed by atoms with Crippen LogP contribution in [0.25, 0.3) is 0 Å². The summed E-state index contributed by atoms with van der Waals surface area (Å²) >= 11 is 0. The van der Waals surface area contributed by atoms with Crippen molar-refractivity contribution in [3.05, 3.63) is 46.5 Å². The number of rotatable bonds is 5. The molecule has 1 aromatic carbocycles. The SMILES string of the molecule is Cc1cccc(C(NC(=O)CC2=CCCCC2)C(=O)O)c1C. The Morgan fingerprint density at radius 1 is 1.27 bits per heavy atom. The van der Waals surface area contributed by atoms with Crippen LogP contribution in [0.5, 0.6) is 0 Å². The van der Waals surface area contributed by atoms with Crippen molar-refractivity contribution in [3.63, 3.8) is 0 Å². The molecule has 0 bridgehead atoms. The second kappa shape index (κ2) is 7.25. The first-order chi connectivity index (χ1) is 10.5. The third-order valence-electron chi connectivity index (χ3n) is 4.28. The number of allylic oxidation sites excluding steroid dienone is 1. The van der Waals surface area contributed by atoms with Gasteiger partial charge in [0.1, 0.15) is 0 Å². The van der Waals surface area contributed by atoms with Crippen LogP contribution in [0.3, 0.4) is 0 Å². The number of aryl methyl sites for hydroxylation is 1. The van der Waals surface area contributed by atoms with Gasteiger partial charge in [-0.25, -0.2) is 4.79 Å². The summed E-state index contributed by atoms with van der Waals surface area (Å²) in [6.07, 6.45) is 6.64. The van der Waals surface area contributed by atoms with E-state index in [-0.39, 0.29) is 5.91 Å². The zero-order valence-corrected chi connectivity index (χ0v) is 13.2. The predicted octanol–water partition coefficient (Wildman–Crippen LogP) is 3.44. The summed E-state index contributed by atoms with van der Waals surface area (Å²) in [5.41, 5.74) is 3.70. The third kappa shape index (κ3) is 3.97. The maximum Gasteiger partial charge on any atom is 0.330 e. The molecule has 2 N–H and O–H groups in total. The van der Waals surface area contributed by atoms with E-state index in [0.29, 0.717) is 12.0 Å². The minimum Gasteiger partial charge on any atom is -0.479 e. The summed E-state index contributed by atoms with van der Waals surface area (Å²) < 4.78 is 0. The average Bonchev–Trinajstić information content (AvgIpc) is 2.49. The summed E-state index contributed by atoms with van der Waals surface area (Å²) in [4.78, 5) is 23.7. The van der Waals surface area contributed by atoms with Crippen LogP contribution in [-0.4, -0.2) is 17.0 Å². The lowest BCUT2D eigenvalue weighted by molar-refractivity contribution is -0.142. The van der Waals surface area contributed by atoms with Crippen molar-refractivity contribution in [2.45, 2.75) is 52.0 Å². The monoisotopic (exact) mass is 301 g/mol. The van der Waals surface area contributed by atoms with Gasteiger partial charge in [-0.3, -0.25) is 4.79 Å². The Morgan fingerprint density at radius 3 is 2.68 bits per heavy atom. The molecule has 0 saturated carbocycles. The summed E-state index contributed by atoms with van der Waals surface area (Å²) in [6.45, 7) is 3.82. The van der Waals surface area contributed by atoms with Crippen molar-refractivity contribution in [1.82, 2.24) is 5.32 Å². The van der Waals surface area contributed by atoms with Gasteiger partial charge in [0.25, 0.3) is 0 Å². The van der Waals surface area contributed by atoms with Gasteiger partial charge in [0.15, 0.2) is 6.04 Å². The number of carbonyl (C=O) groups excluding carboxylic acids is 1. The maximum atomic E-state index is 12.2. The Morgan fingerprint density at radius 2 is 2.05 bits per heavy atom. The first-order valence-corrected chi connectivity index (χ1v) is 7.75. The van der Waals surface area contributed by atoms with Gasteiger partial charge in [0.05, 0.1) is 0 Å². The van der Waals surface area contributed by atoms with E-state index in [1.54, 1.807) is 6.07 Å². The number of aliphatic carboxylic acids is 1. The van der Waals surface area contributed by atoms with Gasteiger partial charge in [-0.2, -0.15) is 0 Å². The first-order valence-electron chi connectivity index (χ1n) is 7.75. The average molecular weight is 301 g/mol. The molecule has 4 heteroatoms. The molecule has 0 aliphatic heterocycles. The summed E-state index contributed by atoms with van der Waals surface area (Å²) in [7, 11) is 0. The maximum absolute atomic E-state index is 12.2. The van der Waals surface area contributed by atoms with Crippen molar-refractivity contribution < 1.29 is 14.7 Å². The van der Waals surface area contributed by atoms with E-state index >= 15 is 0 Å². The lowest BCUT2D eigenvalue weighted by atomic mass is 9.95. The van der Waals surface area contributed by atoms with Crippen LogP contribution >= 0.6 is 0 Å². The van der Waals surface area contributed by atoms with Crippen molar-refractivity contribution in [2.24, 2.45) is 0 Å². The summed E-state index contributed by atoms with van der Waals surface area (Å²) in [5, 5.41) is 12.1. The molecule has 2 rings (SSSR count). The van der Waals surface area contributed by atoms with Gasteiger partial charge in [-0.1, -0.05) is 29.8 Å². The van der Waals surface area contributed by atoms with Crippen LogP contribution < -0.4 is 5.32 Å². The molecule has 1 aliphatic carbocycles. The van der Waals surface area contributed by atoms with E-state index in [1.165, 1.54) is 6.42 Å². The van der Waals surface area contributed by atoms with Gasteiger partial charge in [0.2, 0.25) is 5.91 Å². The molecule has 0 aromatic heterocycles. The number of carbonyl (C=O) groups is 2. The Bertz CT molecular complexity index is 604. The molecule has 1 atom stereocenters. The molecule has 4 nitrogen and oxygen atoms in total. The minimum absolute atomic E-state index is 0.221. The van der Waals surface area contributed by atoms with Crippen LogP contribution in [0.15, 0.2) is 29.8 Å². The smallest absolute Gasteiger partial charge is 0.330 e. The predicted molar refractivity (Wildman–Crippen MR) is 85.6 cm³/mol. The zero-order chi connectivity index (χ0) is 16.1. The Hall–Kier alpha value is -2.10. The van der Waals surface area contributed by atoms with E-state index in [1.807, 2.05) is 26.0 Å². The zero-order valence-electron chi connectivity index (χ0n) is 13.2. The highest BCUT2D eigenvalue weighted by molar-refractivity contribution is 5.86. The largest absolute Gasteiger partial charge is 0.479 e. The summed E-state index contributed by atoms with van der Waals surface area (Å²) in [5.74, 6) is -1.25. The van der Waals surface area contributed by atoms with Crippen LogP contribution in [0.4, 0.5) is 0 Å². The van der Waals surface area contributed by atoms with E-state index < -0.39 is 12.0 Å². The molecule has 1 unspecified atom stereocenters. The molecular formula is C18H23NO3. The van der Waals surface area contributed by atoms with E-state index in [2.05, 4.69) is 11.4 Å². The second-order valence-electron chi connectivity index (χ2n) is 5.91. The Balaban J connectivity index is 2.12. The second-order valence-corrected chi connectivity index (χ2v) is 5.91. The minimum atomic E-state index is -1.03. The van der Waals surface area contributed by atoms with Crippen LogP contribution in [0.1, 0.15) is 54.8 Å². The Kier molecular flexibility index (Phi) is 5.36. The van der Waals surface area contributed by atoms with Crippen molar-refractivity contribution >= 4 is 11.9 Å². The fourth-order valence-electron chi connectivity index (χ4n) is 2.84. The van der Waals surface area contributed by atoms with Crippen LogP contribution in [0, 0.1) is 13.8 Å². The lowest BCUT2D eigenvalue weighted by Crippen LogP contribution is -2.34. The fourth-order valence-corrected chi connectivity index (χ4v) is 2.84. The molecule has 0 heterocycles. The van der Waals surface area contributed by atoms with Gasteiger partial charge in [0, 0.05) is 6.42 Å². The molecule has 118 valence electrons. The summed E-state index contributed by atoms with van der Waals surface area (Å²) in [6, 6.07) is 4.54. The highest BCUT2D eigenvalue weighted by Crippen LogP contribution is 2.23. The van der Waals surface area contributed by atoms with Crippen LogP contribution in [0.2, 0.25) is 0 Å². The number of benzene rings is 1. The van der Waals surface area contributed by atoms with E-state index in [4.69, 9.17) is 0 Å². The molecule has 1 aliphatic rings.